The SMILES string of the molecule is N=C(CSc1cccc(F)c1)N1CCCCC1. The number of nitrogens with zero attached hydrogens (tertiary/aromatic N) is 1. The molecular weight excluding hydrogens is 235 g/mol. The lowest BCUT2D eigenvalue weighted by atomic mass is 10.1. The van der Waals surface area contributed by atoms with Crippen molar-refractivity contribution in [3.63, 3.8) is 0 Å². The number of hydrogen-bond donors (Lipinski definition) is 1. The van der Waals surface area contributed by atoms with Crippen LogP contribution in [0, 0.1) is 11.2 Å². The minimum atomic E-state index is -0.209. The van der Waals surface area contributed by atoms with E-state index in [1.807, 2.05) is 6.07 Å². The average Bonchev–Trinajstić information content (AvgIpc) is 2.37. The number of thioether (sulfide) groups is 1. The van der Waals surface area contributed by atoms with Gasteiger partial charge in [-0.2, -0.15) is 0 Å². The molecule has 0 saturated carbocycles. The Morgan fingerprint density at radius 1 is 1.29 bits per heavy atom. The van der Waals surface area contributed by atoms with Gasteiger partial charge < -0.3 is 4.90 Å². The quantitative estimate of drug-likeness (QED) is 0.507. The second kappa shape index (κ2) is 6.05. The van der Waals surface area contributed by atoms with Crippen molar-refractivity contribution >= 4 is 17.6 Å². The van der Waals surface area contributed by atoms with Crippen LogP contribution >= 0.6 is 11.8 Å². The second-order valence-corrected chi connectivity index (χ2v) is 5.29. The van der Waals surface area contributed by atoms with Crippen molar-refractivity contribution in [1.82, 2.24) is 4.90 Å². The largest absolute Gasteiger partial charge is 0.360 e. The summed E-state index contributed by atoms with van der Waals surface area (Å²) >= 11 is 1.53. The van der Waals surface area contributed by atoms with Gasteiger partial charge in [-0.15, -0.1) is 11.8 Å². The zero-order chi connectivity index (χ0) is 12.1. The summed E-state index contributed by atoms with van der Waals surface area (Å²) in [6.07, 6.45) is 3.65. The van der Waals surface area contributed by atoms with Gasteiger partial charge in [0.1, 0.15) is 11.7 Å². The van der Waals surface area contributed by atoms with E-state index in [0.29, 0.717) is 11.6 Å². The summed E-state index contributed by atoms with van der Waals surface area (Å²) in [6.45, 7) is 2.01. The van der Waals surface area contributed by atoms with E-state index < -0.39 is 0 Å². The Labute approximate surface area is 106 Å². The van der Waals surface area contributed by atoms with Crippen LogP contribution in [-0.2, 0) is 0 Å². The fourth-order valence-electron chi connectivity index (χ4n) is 1.96. The zero-order valence-corrected chi connectivity index (χ0v) is 10.6. The van der Waals surface area contributed by atoms with Crippen LogP contribution < -0.4 is 0 Å². The fraction of sp³-hybridized carbons (Fsp3) is 0.462. The van der Waals surface area contributed by atoms with Gasteiger partial charge in [-0.1, -0.05) is 6.07 Å². The molecule has 4 heteroatoms. The third kappa shape index (κ3) is 3.73. The Balaban J connectivity index is 1.83. The maximum Gasteiger partial charge on any atom is 0.124 e. The summed E-state index contributed by atoms with van der Waals surface area (Å²) in [5, 5.41) is 8.00. The highest BCUT2D eigenvalue weighted by Gasteiger charge is 2.13. The molecule has 1 aromatic rings. The molecule has 92 valence electrons. The average molecular weight is 252 g/mol. The molecule has 2 nitrogen and oxygen atoms in total. The standard InChI is InChI=1S/C13H17FN2S/c14-11-5-4-6-12(9-11)17-10-13(15)16-7-2-1-3-8-16/h4-6,9,15H,1-3,7-8,10H2. The van der Waals surface area contributed by atoms with Crippen LogP contribution in [0.25, 0.3) is 0 Å². The molecule has 0 bridgehead atoms. The first kappa shape index (κ1) is 12.4. The predicted molar refractivity (Wildman–Crippen MR) is 70.3 cm³/mol. The smallest absolute Gasteiger partial charge is 0.124 e. The monoisotopic (exact) mass is 252 g/mol. The van der Waals surface area contributed by atoms with E-state index in [0.717, 1.165) is 18.0 Å². The first-order valence-corrected chi connectivity index (χ1v) is 6.95. The highest BCUT2D eigenvalue weighted by atomic mass is 32.2. The van der Waals surface area contributed by atoms with E-state index in [1.54, 1.807) is 6.07 Å². The summed E-state index contributed by atoms with van der Waals surface area (Å²) in [6, 6.07) is 6.56. The number of halogens is 1. The Kier molecular flexibility index (Phi) is 4.42. The number of amidine groups is 1. The van der Waals surface area contributed by atoms with Crippen molar-refractivity contribution in [1.29, 1.82) is 5.41 Å². The minimum absolute atomic E-state index is 0.209. The molecule has 0 unspecified atom stereocenters. The summed E-state index contributed by atoms with van der Waals surface area (Å²) in [7, 11) is 0. The first-order chi connectivity index (χ1) is 8.25. The van der Waals surface area contributed by atoms with Crippen molar-refractivity contribution in [3.05, 3.63) is 30.1 Å². The molecule has 1 fully saturated rings. The number of hydrogen-bond acceptors (Lipinski definition) is 2. The number of benzene rings is 1. The lowest BCUT2D eigenvalue weighted by molar-refractivity contribution is 0.339. The highest BCUT2D eigenvalue weighted by molar-refractivity contribution is 8.00. The molecule has 0 aliphatic carbocycles. The fourth-order valence-corrected chi connectivity index (χ4v) is 2.82. The topological polar surface area (TPSA) is 27.1 Å². The third-order valence-electron chi connectivity index (χ3n) is 2.91. The van der Waals surface area contributed by atoms with Crippen LogP contribution in [0.4, 0.5) is 4.39 Å². The van der Waals surface area contributed by atoms with Crippen molar-refractivity contribution in [2.45, 2.75) is 24.2 Å². The number of likely N-dealkylation sites (tertiary alicyclic amines) is 1. The molecule has 1 N–H and O–H groups in total. The summed E-state index contributed by atoms with van der Waals surface area (Å²) in [5.41, 5.74) is 0. The van der Waals surface area contributed by atoms with E-state index in [2.05, 4.69) is 4.90 Å². The lowest BCUT2D eigenvalue weighted by Gasteiger charge is -2.28. The Morgan fingerprint density at radius 2 is 2.06 bits per heavy atom. The molecule has 17 heavy (non-hydrogen) atoms. The van der Waals surface area contributed by atoms with Gasteiger partial charge in [0.05, 0.1) is 5.75 Å². The van der Waals surface area contributed by atoms with Gasteiger partial charge in [-0.25, -0.2) is 4.39 Å². The zero-order valence-electron chi connectivity index (χ0n) is 9.79. The van der Waals surface area contributed by atoms with Gasteiger partial charge in [0.25, 0.3) is 0 Å². The minimum Gasteiger partial charge on any atom is -0.360 e. The summed E-state index contributed by atoms with van der Waals surface area (Å²) in [5.74, 6) is 1.09. The maximum atomic E-state index is 13.0. The lowest BCUT2D eigenvalue weighted by Crippen LogP contribution is -2.36. The van der Waals surface area contributed by atoms with E-state index >= 15 is 0 Å². The van der Waals surface area contributed by atoms with Gasteiger partial charge in [-0.3, -0.25) is 5.41 Å². The molecule has 0 radical (unpaired) electrons. The molecular formula is C13H17FN2S. The van der Waals surface area contributed by atoms with Crippen molar-refractivity contribution in [2.75, 3.05) is 18.8 Å². The van der Waals surface area contributed by atoms with Crippen LogP contribution in [-0.4, -0.2) is 29.6 Å². The van der Waals surface area contributed by atoms with E-state index in [1.165, 1.54) is 43.2 Å². The molecule has 1 aliphatic heterocycles. The van der Waals surface area contributed by atoms with Crippen LogP contribution in [0.1, 0.15) is 19.3 Å². The molecule has 0 amide bonds. The van der Waals surface area contributed by atoms with Crippen molar-refractivity contribution < 1.29 is 4.39 Å². The van der Waals surface area contributed by atoms with Gasteiger partial charge in [-0.05, 0) is 37.5 Å². The van der Waals surface area contributed by atoms with Crippen LogP contribution in [0.3, 0.4) is 0 Å². The van der Waals surface area contributed by atoms with Crippen LogP contribution in [0.15, 0.2) is 29.2 Å². The van der Waals surface area contributed by atoms with Gasteiger partial charge in [0, 0.05) is 18.0 Å². The molecule has 1 aromatic carbocycles. The van der Waals surface area contributed by atoms with Crippen molar-refractivity contribution in [3.8, 4) is 0 Å². The maximum absolute atomic E-state index is 13.0. The van der Waals surface area contributed by atoms with Gasteiger partial charge >= 0.3 is 0 Å². The van der Waals surface area contributed by atoms with Crippen LogP contribution in [0.5, 0.6) is 0 Å². The Morgan fingerprint density at radius 3 is 2.76 bits per heavy atom. The molecule has 0 aromatic heterocycles. The van der Waals surface area contributed by atoms with E-state index in [9.17, 15) is 4.39 Å². The summed E-state index contributed by atoms with van der Waals surface area (Å²) < 4.78 is 13.0. The third-order valence-corrected chi connectivity index (χ3v) is 3.91. The first-order valence-electron chi connectivity index (χ1n) is 5.96. The van der Waals surface area contributed by atoms with Gasteiger partial charge in [0.2, 0.25) is 0 Å². The molecule has 1 heterocycles. The number of piperidine rings is 1. The summed E-state index contributed by atoms with van der Waals surface area (Å²) in [4.78, 5) is 3.03. The molecule has 0 atom stereocenters. The highest BCUT2D eigenvalue weighted by Crippen LogP contribution is 2.20. The molecule has 2 rings (SSSR count). The Bertz CT molecular complexity index is 389. The van der Waals surface area contributed by atoms with Gasteiger partial charge in [0.15, 0.2) is 0 Å². The number of rotatable bonds is 3. The van der Waals surface area contributed by atoms with Crippen molar-refractivity contribution in [2.24, 2.45) is 0 Å². The molecule has 0 spiro atoms. The van der Waals surface area contributed by atoms with E-state index in [-0.39, 0.29) is 5.82 Å². The second-order valence-electron chi connectivity index (χ2n) is 4.24. The number of nitrogens with one attached hydrogen (secondary N) is 1. The van der Waals surface area contributed by atoms with Crippen LogP contribution in [0.2, 0.25) is 0 Å². The predicted octanol–water partition coefficient (Wildman–Crippen LogP) is 3.38. The molecule has 1 saturated heterocycles. The van der Waals surface area contributed by atoms with E-state index in [4.69, 9.17) is 5.41 Å². The molecule has 1 aliphatic rings. The normalized spacial score (nSPS) is 15.9. The Hall–Kier alpha value is -1.03.